The van der Waals surface area contributed by atoms with Gasteiger partial charge in [0.15, 0.2) is 11.0 Å². The first-order chi connectivity index (χ1) is 14.6. The topological polar surface area (TPSA) is 120 Å². The quantitative estimate of drug-likeness (QED) is 0.528. The van der Waals surface area contributed by atoms with Gasteiger partial charge in [-0.25, -0.2) is 14.8 Å². The Morgan fingerprint density at radius 1 is 1.30 bits per heavy atom. The van der Waals surface area contributed by atoms with E-state index in [1.807, 2.05) is 35.2 Å². The highest BCUT2D eigenvalue weighted by Gasteiger charge is 2.33. The number of carboxylic acids is 1. The summed E-state index contributed by atoms with van der Waals surface area (Å²) in [7, 11) is 0. The zero-order valence-corrected chi connectivity index (χ0v) is 16.8. The number of aromatic nitrogens is 3. The van der Waals surface area contributed by atoms with Crippen LogP contribution in [0.5, 0.6) is 0 Å². The summed E-state index contributed by atoms with van der Waals surface area (Å²) in [4.78, 5) is 36.9. The Hall–Kier alpha value is -3.24. The molecule has 1 amide bonds. The summed E-state index contributed by atoms with van der Waals surface area (Å²) in [5.41, 5.74) is 1.04. The zero-order chi connectivity index (χ0) is 20.9. The van der Waals surface area contributed by atoms with Gasteiger partial charge < -0.3 is 25.0 Å². The minimum Gasteiger partial charge on any atom is -0.477 e. The van der Waals surface area contributed by atoms with Crippen LogP contribution in [-0.4, -0.2) is 57.2 Å². The molecule has 2 atom stereocenters. The van der Waals surface area contributed by atoms with Crippen LogP contribution >= 0.6 is 11.3 Å². The van der Waals surface area contributed by atoms with Crippen LogP contribution in [0.2, 0.25) is 0 Å². The summed E-state index contributed by atoms with van der Waals surface area (Å²) in [5, 5.41) is 12.8. The summed E-state index contributed by atoms with van der Waals surface area (Å²) in [6.45, 7) is 1.52. The van der Waals surface area contributed by atoms with Crippen molar-refractivity contribution < 1.29 is 19.4 Å². The molecule has 0 spiro atoms. The number of carboxylic acid groups (broad SMARTS) is 1. The van der Waals surface area contributed by atoms with E-state index in [2.05, 4.69) is 20.3 Å². The predicted octanol–water partition coefficient (Wildman–Crippen LogP) is 2.16. The van der Waals surface area contributed by atoms with Gasteiger partial charge in [0.05, 0.1) is 24.9 Å². The van der Waals surface area contributed by atoms with E-state index in [1.54, 1.807) is 6.20 Å². The summed E-state index contributed by atoms with van der Waals surface area (Å²) < 4.78 is 6.18. The fraction of sp³-hybridized carbons (Fsp3) is 0.300. The maximum atomic E-state index is 12.5. The van der Waals surface area contributed by atoms with Gasteiger partial charge in [0.25, 0.3) is 5.91 Å². The lowest BCUT2D eigenvalue weighted by Gasteiger charge is -2.38. The molecule has 10 heteroatoms. The fourth-order valence-corrected chi connectivity index (χ4v) is 4.13. The van der Waals surface area contributed by atoms with Gasteiger partial charge in [-0.1, -0.05) is 41.7 Å². The number of anilines is 1. The zero-order valence-electron chi connectivity index (χ0n) is 16.0. The van der Waals surface area contributed by atoms with Gasteiger partial charge in [-0.15, -0.1) is 0 Å². The summed E-state index contributed by atoms with van der Waals surface area (Å²) in [6, 6.07) is 9.60. The van der Waals surface area contributed by atoms with Crippen molar-refractivity contribution in [2.75, 3.05) is 18.0 Å². The molecule has 30 heavy (non-hydrogen) atoms. The summed E-state index contributed by atoms with van der Waals surface area (Å²) in [5.74, 6) is -1.02. The lowest BCUT2D eigenvalue weighted by Crippen LogP contribution is -2.55. The monoisotopic (exact) mass is 427 g/mol. The molecule has 0 saturated carbocycles. The van der Waals surface area contributed by atoms with E-state index in [1.165, 1.54) is 12.4 Å². The molecule has 3 aromatic rings. The second-order valence-corrected chi connectivity index (χ2v) is 7.91. The van der Waals surface area contributed by atoms with Crippen molar-refractivity contribution in [1.29, 1.82) is 0 Å². The Labute approximate surface area is 176 Å². The Morgan fingerprint density at radius 3 is 2.83 bits per heavy atom. The maximum absolute atomic E-state index is 12.5. The fourth-order valence-electron chi connectivity index (χ4n) is 3.34. The van der Waals surface area contributed by atoms with Crippen molar-refractivity contribution in [1.82, 2.24) is 20.3 Å². The minimum absolute atomic E-state index is 0.194. The SMILES string of the molecule is O=C(N[C@@H]1CCN(c2ncc(C(=O)O)s2)C[C@@H]1OCc1ccccc1)c1ncc[nH]1. The smallest absolute Gasteiger partial charge is 0.347 e. The molecule has 0 aliphatic carbocycles. The molecular weight excluding hydrogens is 406 g/mol. The van der Waals surface area contributed by atoms with Gasteiger partial charge in [-0.2, -0.15) is 0 Å². The van der Waals surface area contributed by atoms with Gasteiger partial charge >= 0.3 is 5.97 Å². The highest BCUT2D eigenvalue weighted by molar-refractivity contribution is 7.17. The molecule has 0 bridgehead atoms. The van der Waals surface area contributed by atoms with E-state index in [-0.39, 0.29) is 28.8 Å². The van der Waals surface area contributed by atoms with Crippen LogP contribution in [-0.2, 0) is 11.3 Å². The van der Waals surface area contributed by atoms with Crippen LogP contribution in [0.15, 0.2) is 48.9 Å². The Kier molecular flexibility index (Phi) is 6.05. The number of carbonyl (C=O) groups excluding carboxylic acids is 1. The molecule has 0 radical (unpaired) electrons. The average molecular weight is 427 g/mol. The number of ether oxygens (including phenoxy) is 1. The molecule has 1 aromatic carbocycles. The van der Waals surface area contributed by atoms with E-state index < -0.39 is 5.97 Å². The molecule has 2 aromatic heterocycles. The first-order valence-electron chi connectivity index (χ1n) is 9.50. The number of thiazole rings is 1. The standard InChI is InChI=1S/C20H21N5O4S/c26-18(17-21-7-8-22-17)24-14-6-9-25(20-23-10-16(30-20)19(27)28)11-15(14)29-12-13-4-2-1-3-5-13/h1-5,7-8,10,14-15H,6,9,11-12H2,(H,21,22)(H,24,26)(H,27,28)/t14-,15+/m1/s1. The maximum Gasteiger partial charge on any atom is 0.347 e. The van der Waals surface area contributed by atoms with Crippen LogP contribution < -0.4 is 10.2 Å². The average Bonchev–Trinajstić information content (AvgIpc) is 3.46. The van der Waals surface area contributed by atoms with Crippen molar-refractivity contribution in [3.8, 4) is 0 Å². The summed E-state index contributed by atoms with van der Waals surface area (Å²) in [6.07, 6.45) is 4.84. The molecule has 1 saturated heterocycles. The number of aromatic carboxylic acids is 1. The predicted molar refractivity (Wildman–Crippen MR) is 111 cm³/mol. The number of hydrogen-bond donors (Lipinski definition) is 3. The lowest BCUT2D eigenvalue weighted by atomic mass is 10.0. The number of piperidine rings is 1. The number of amides is 1. The molecule has 0 unspecified atom stereocenters. The Morgan fingerprint density at radius 2 is 2.13 bits per heavy atom. The second-order valence-electron chi connectivity index (χ2n) is 6.90. The highest BCUT2D eigenvalue weighted by Crippen LogP contribution is 2.27. The van der Waals surface area contributed by atoms with Gasteiger partial charge in [-0.3, -0.25) is 4.79 Å². The van der Waals surface area contributed by atoms with E-state index in [4.69, 9.17) is 9.84 Å². The normalized spacial score (nSPS) is 18.9. The van der Waals surface area contributed by atoms with E-state index in [0.717, 1.165) is 16.9 Å². The van der Waals surface area contributed by atoms with Crippen molar-refractivity contribution >= 4 is 28.3 Å². The van der Waals surface area contributed by atoms with Crippen molar-refractivity contribution in [3.63, 3.8) is 0 Å². The summed E-state index contributed by atoms with van der Waals surface area (Å²) >= 11 is 1.13. The van der Waals surface area contributed by atoms with Gasteiger partial charge in [0, 0.05) is 25.5 Å². The molecule has 9 nitrogen and oxygen atoms in total. The van der Waals surface area contributed by atoms with E-state index in [9.17, 15) is 9.59 Å². The Balaban J connectivity index is 1.47. The molecule has 1 fully saturated rings. The van der Waals surface area contributed by atoms with Crippen LogP contribution in [0, 0.1) is 0 Å². The van der Waals surface area contributed by atoms with Gasteiger partial charge in [0.2, 0.25) is 0 Å². The molecule has 156 valence electrons. The van der Waals surface area contributed by atoms with Crippen LogP contribution in [0.3, 0.4) is 0 Å². The third-order valence-corrected chi connectivity index (χ3v) is 5.92. The number of rotatable bonds is 7. The molecule has 3 N–H and O–H groups in total. The molecule has 4 rings (SSSR count). The number of H-pyrrole nitrogens is 1. The largest absolute Gasteiger partial charge is 0.477 e. The number of imidazole rings is 1. The van der Waals surface area contributed by atoms with Crippen LogP contribution in [0.25, 0.3) is 0 Å². The first kappa shape index (κ1) is 20.0. The third-order valence-electron chi connectivity index (χ3n) is 4.87. The Bertz CT molecular complexity index is 992. The van der Waals surface area contributed by atoms with Gasteiger partial charge in [0.1, 0.15) is 4.88 Å². The van der Waals surface area contributed by atoms with Crippen molar-refractivity contribution in [2.45, 2.75) is 25.2 Å². The van der Waals surface area contributed by atoms with Crippen LogP contribution in [0.4, 0.5) is 5.13 Å². The third kappa shape index (κ3) is 4.66. The first-order valence-corrected chi connectivity index (χ1v) is 10.3. The second kappa shape index (κ2) is 9.06. The number of carbonyl (C=O) groups is 2. The number of hydrogen-bond acceptors (Lipinski definition) is 7. The van der Waals surface area contributed by atoms with Gasteiger partial charge in [-0.05, 0) is 12.0 Å². The number of nitrogens with zero attached hydrogens (tertiary/aromatic N) is 3. The van der Waals surface area contributed by atoms with E-state index >= 15 is 0 Å². The molecule has 3 heterocycles. The number of benzene rings is 1. The van der Waals surface area contributed by atoms with E-state index in [0.29, 0.717) is 31.2 Å². The highest BCUT2D eigenvalue weighted by atomic mass is 32.1. The number of aromatic amines is 1. The molecule has 1 aliphatic heterocycles. The molecule has 1 aliphatic rings. The number of nitrogens with one attached hydrogen (secondary N) is 2. The molecular formula is C20H21N5O4S. The van der Waals surface area contributed by atoms with Crippen molar-refractivity contribution in [2.24, 2.45) is 0 Å². The minimum atomic E-state index is -0.990. The van der Waals surface area contributed by atoms with Crippen LogP contribution in [0.1, 0.15) is 32.3 Å². The van der Waals surface area contributed by atoms with Crippen molar-refractivity contribution in [3.05, 3.63) is 65.2 Å². The lowest BCUT2D eigenvalue weighted by molar-refractivity contribution is 0.00961.